The molecule has 3 aromatic rings. The summed E-state index contributed by atoms with van der Waals surface area (Å²) in [6, 6.07) is 16.2. The fourth-order valence-electron chi connectivity index (χ4n) is 2.38. The van der Waals surface area contributed by atoms with E-state index >= 15 is 0 Å². The van der Waals surface area contributed by atoms with Crippen molar-refractivity contribution in [2.24, 2.45) is 0 Å². The molecule has 3 rings (SSSR count). The first kappa shape index (κ1) is 12.3. The molecule has 0 aliphatic rings. The monoisotopic (exact) mass is 262 g/mol. The fraction of sp³-hybridized carbons (Fsp3) is 0.118. The maximum atomic E-state index is 9.09. The second kappa shape index (κ2) is 4.75. The summed E-state index contributed by atoms with van der Waals surface area (Å²) in [4.78, 5) is 0. The molecule has 0 saturated carbocycles. The number of hydrogen-bond acceptors (Lipinski definition) is 2. The van der Waals surface area contributed by atoms with E-state index in [9.17, 15) is 0 Å². The van der Waals surface area contributed by atoms with Crippen LogP contribution in [0, 0.1) is 18.3 Å². The van der Waals surface area contributed by atoms with Crippen molar-refractivity contribution in [1.29, 1.82) is 5.26 Å². The molecule has 0 atom stereocenters. The van der Waals surface area contributed by atoms with Crippen LogP contribution < -0.4 is 4.74 Å². The molecule has 3 nitrogen and oxygen atoms in total. The van der Waals surface area contributed by atoms with Crippen LogP contribution in [0.3, 0.4) is 0 Å². The van der Waals surface area contributed by atoms with Gasteiger partial charge in [-0.2, -0.15) is 5.26 Å². The minimum atomic E-state index is 0.727. The Bertz CT molecular complexity index is 807. The van der Waals surface area contributed by atoms with Gasteiger partial charge in [0.1, 0.15) is 5.75 Å². The Kier molecular flexibility index (Phi) is 2.92. The number of methoxy groups -OCH3 is 1. The van der Waals surface area contributed by atoms with Crippen molar-refractivity contribution in [2.75, 3.05) is 7.11 Å². The molecule has 0 saturated heterocycles. The lowest BCUT2D eigenvalue weighted by atomic mass is 10.1. The number of rotatable bonds is 2. The normalized spacial score (nSPS) is 10.4. The van der Waals surface area contributed by atoms with Crippen molar-refractivity contribution < 1.29 is 4.74 Å². The predicted molar refractivity (Wildman–Crippen MR) is 79.3 cm³/mol. The first-order chi connectivity index (χ1) is 9.72. The third-order valence-corrected chi connectivity index (χ3v) is 3.51. The van der Waals surface area contributed by atoms with Crippen LogP contribution >= 0.6 is 0 Å². The van der Waals surface area contributed by atoms with E-state index in [1.165, 1.54) is 0 Å². The lowest BCUT2D eigenvalue weighted by Crippen LogP contribution is -1.93. The molecule has 0 amide bonds. The minimum absolute atomic E-state index is 0.727. The van der Waals surface area contributed by atoms with Crippen LogP contribution in [0.25, 0.3) is 16.6 Å². The number of aromatic nitrogens is 1. The van der Waals surface area contributed by atoms with Crippen LogP contribution in [-0.2, 0) is 0 Å². The maximum Gasteiger partial charge on any atom is 0.119 e. The number of fused-ring (bicyclic) bond motifs is 1. The van der Waals surface area contributed by atoms with Gasteiger partial charge in [0.05, 0.1) is 24.3 Å². The first-order valence-electron chi connectivity index (χ1n) is 6.39. The summed E-state index contributed by atoms with van der Waals surface area (Å²) in [6.07, 6.45) is 2.02. The fourth-order valence-corrected chi connectivity index (χ4v) is 2.38. The number of hydrogen-bond donors (Lipinski definition) is 0. The highest BCUT2D eigenvalue weighted by Gasteiger charge is 2.07. The van der Waals surface area contributed by atoms with Crippen LogP contribution in [-0.4, -0.2) is 11.7 Å². The molecule has 1 heterocycles. The van der Waals surface area contributed by atoms with E-state index in [-0.39, 0.29) is 0 Å². The van der Waals surface area contributed by atoms with Gasteiger partial charge in [0, 0.05) is 17.3 Å². The number of aryl methyl sites for hydroxylation is 1. The SMILES string of the molecule is COc1ccc(-n2ccc3cc(C#N)c(C)cc32)cc1. The Morgan fingerprint density at radius 1 is 1.10 bits per heavy atom. The maximum absolute atomic E-state index is 9.09. The number of nitrogens with zero attached hydrogens (tertiary/aromatic N) is 2. The largest absolute Gasteiger partial charge is 0.497 e. The number of benzene rings is 2. The van der Waals surface area contributed by atoms with Gasteiger partial charge in [0.15, 0.2) is 0 Å². The molecule has 0 fully saturated rings. The molecule has 20 heavy (non-hydrogen) atoms. The minimum Gasteiger partial charge on any atom is -0.497 e. The molecule has 0 unspecified atom stereocenters. The molecule has 1 aromatic heterocycles. The Labute approximate surface area is 117 Å². The molecule has 0 radical (unpaired) electrons. The Hall–Kier alpha value is -2.73. The van der Waals surface area contributed by atoms with Gasteiger partial charge in [0.2, 0.25) is 0 Å². The topological polar surface area (TPSA) is 38.0 Å². The zero-order valence-electron chi connectivity index (χ0n) is 11.4. The summed E-state index contributed by atoms with van der Waals surface area (Å²) in [5.41, 5.74) is 3.90. The lowest BCUT2D eigenvalue weighted by molar-refractivity contribution is 0.415. The average molecular weight is 262 g/mol. The van der Waals surface area contributed by atoms with E-state index in [2.05, 4.69) is 16.7 Å². The van der Waals surface area contributed by atoms with E-state index in [1.54, 1.807) is 7.11 Å². The van der Waals surface area contributed by atoms with Gasteiger partial charge in [-0.25, -0.2) is 0 Å². The van der Waals surface area contributed by atoms with Crippen LogP contribution in [0.4, 0.5) is 0 Å². The molecule has 2 aromatic carbocycles. The molecular formula is C17H14N2O. The second-order valence-corrected chi connectivity index (χ2v) is 4.72. The molecule has 0 aliphatic heterocycles. The van der Waals surface area contributed by atoms with Crippen molar-refractivity contribution in [3.63, 3.8) is 0 Å². The zero-order valence-corrected chi connectivity index (χ0v) is 11.4. The third kappa shape index (κ3) is 1.92. The molecule has 98 valence electrons. The summed E-state index contributed by atoms with van der Waals surface area (Å²) in [5.74, 6) is 0.841. The van der Waals surface area contributed by atoms with Gasteiger partial charge in [-0.15, -0.1) is 0 Å². The van der Waals surface area contributed by atoms with E-state index in [0.29, 0.717) is 0 Å². The summed E-state index contributed by atoms with van der Waals surface area (Å²) in [6.45, 7) is 1.96. The summed E-state index contributed by atoms with van der Waals surface area (Å²) < 4.78 is 7.29. The summed E-state index contributed by atoms with van der Waals surface area (Å²) in [7, 11) is 1.66. The van der Waals surface area contributed by atoms with E-state index in [4.69, 9.17) is 10.00 Å². The Balaban J connectivity index is 2.16. The molecular weight excluding hydrogens is 248 g/mol. The van der Waals surface area contributed by atoms with Crippen molar-refractivity contribution in [3.05, 3.63) is 59.8 Å². The lowest BCUT2D eigenvalue weighted by Gasteiger charge is -2.08. The van der Waals surface area contributed by atoms with Gasteiger partial charge in [-0.05, 0) is 55.0 Å². The highest BCUT2D eigenvalue weighted by atomic mass is 16.5. The average Bonchev–Trinajstić information content (AvgIpc) is 2.89. The van der Waals surface area contributed by atoms with Gasteiger partial charge in [-0.3, -0.25) is 0 Å². The number of ether oxygens (including phenoxy) is 1. The number of nitriles is 1. The highest BCUT2D eigenvalue weighted by Crippen LogP contribution is 2.25. The van der Waals surface area contributed by atoms with Crippen molar-refractivity contribution in [3.8, 4) is 17.5 Å². The predicted octanol–water partition coefficient (Wildman–Crippen LogP) is 3.82. The second-order valence-electron chi connectivity index (χ2n) is 4.72. The van der Waals surface area contributed by atoms with Crippen LogP contribution in [0.2, 0.25) is 0 Å². The molecule has 0 spiro atoms. The molecule has 0 bridgehead atoms. The molecule has 0 aliphatic carbocycles. The van der Waals surface area contributed by atoms with Gasteiger partial charge in [-0.1, -0.05) is 0 Å². The van der Waals surface area contributed by atoms with Gasteiger partial charge >= 0.3 is 0 Å². The molecule has 3 heteroatoms. The van der Waals surface area contributed by atoms with Crippen LogP contribution in [0.15, 0.2) is 48.7 Å². The van der Waals surface area contributed by atoms with E-state index in [1.807, 2.05) is 49.5 Å². The van der Waals surface area contributed by atoms with Gasteiger partial charge < -0.3 is 9.30 Å². The third-order valence-electron chi connectivity index (χ3n) is 3.51. The van der Waals surface area contributed by atoms with E-state index < -0.39 is 0 Å². The summed E-state index contributed by atoms with van der Waals surface area (Å²) >= 11 is 0. The molecule has 0 N–H and O–H groups in total. The first-order valence-corrected chi connectivity index (χ1v) is 6.39. The Morgan fingerprint density at radius 2 is 1.85 bits per heavy atom. The van der Waals surface area contributed by atoms with Crippen molar-refractivity contribution in [2.45, 2.75) is 6.92 Å². The van der Waals surface area contributed by atoms with E-state index in [0.717, 1.165) is 33.5 Å². The Morgan fingerprint density at radius 3 is 2.50 bits per heavy atom. The van der Waals surface area contributed by atoms with Crippen molar-refractivity contribution in [1.82, 2.24) is 4.57 Å². The smallest absolute Gasteiger partial charge is 0.119 e. The van der Waals surface area contributed by atoms with Crippen LogP contribution in [0.1, 0.15) is 11.1 Å². The van der Waals surface area contributed by atoms with Gasteiger partial charge in [0.25, 0.3) is 0 Å². The highest BCUT2D eigenvalue weighted by molar-refractivity contribution is 5.84. The standard InChI is InChI=1S/C17H14N2O/c1-12-9-17-13(10-14(12)11-18)7-8-19(17)15-3-5-16(20-2)6-4-15/h3-10H,1-2H3. The zero-order chi connectivity index (χ0) is 14.1. The summed E-state index contributed by atoms with van der Waals surface area (Å²) in [5, 5.41) is 10.2. The van der Waals surface area contributed by atoms with Crippen LogP contribution in [0.5, 0.6) is 5.75 Å². The quantitative estimate of drug-likeness (QED) is 0.704. The van der Waals surface area contributed by atoms with Crippen molar-refractivity contribution >= 4 is 10.9 Å².